The van der Waals surface area contributed by atoms with Gasteiger partial charge in [0.25, 0.3) is 0 Å². The molecule has 1 aromatic rings. The standard InChI is InChI=1S/C6H5BrNO2S/c7-5-2-1-3-6(4-5)11(8,9)10/h1-2,4H,(H2,8,9,10). The Hall–Kier alpha value is -0.390. The molecule has 1 rings (SSSR count). The van der Waals surface area contributed by atoms with E-state index in [0.29, 0.717) is 4.47 Å². The van der Waals surface area contributed by atoms with Gasteiger partial charge in [-0.25, -0.2) is 13.6 Å². The SMILES string of the molecule is NS(=O)(=O)c1[c]ccc(Br)c1. The van der Waals surface area contributed by atoms with Crippen LogP contribution in [0, 0.1) is 6.07 Å². The zero-order valence-corrected chi connectivity index (χ0v) is 7.81. The normalized spacial score (nSPS) is 11.5. The van der Waals surface area contributed by atoms with Gasteiger partial charge in [-0.15, -0.1) is 0 Å². The molecule has 11 heavy (non-hydrogen) atoms. The van der Waals surface area contributed by atoms with E-state index < -0.39 is 10.0 Å². The Kier molecular flexibility index (Phi) is 2.31. The number of rotatable bonds is 1. The van der Waals surface area contributed by atoms with Gasteiger partial charge in [0.15, 0.2) is 0 Å². The molecule has 0 saturated heterocycles. The Labute approximate surface area is 73.4 Å². The Bertz CT molecular complexity index is 361. The first-order valence-electron chi connectivity index (χ1n) is 2.70. The third kappa shape index (κ3) is 2.28. The summed E-state index contributed by atoms with van der Waals surface area (Å²) in [5.41, 5.74) is 0. The molecule has 2 N–H and O–H groups in total. The number of halogens is 1. The molecule has 1 radical (unpaired) electrons. The predicted octanol–water partition coefficient (Wildman–Crippen LogP) is 0.897. The predicted molar refractivity (Wildman–Crippen MR) is 44.4 cm³/mol. The van der Waals surface area contributed by atoms with Crippen molar-refractivity contribution in [3.63, 3.8) is 0 Å². The van der Waals surface area contributed by atoms with Crippen molar-refractivity contribution in [3.05, 3.63) is 28.7 Å². The number of nitrogens with two attached hydrogens (primary N) is 1. The van der Waals surface area contributed by atoms with Gasteiger partial charge in [0.2, 0.25) is 10.0 Å². The van der Waals surface area contributed by atoms with Gasteiger partial charge in [0.05, 0.1) is 4.90 Å². The second kappa shape index (κ2) is 2.92. The minimum Gasteiger partial charge on any atom is -0.225 e. The van der Waals surface area contributed by atoms with Crippen LogP contribution in [0.4, 0.5) is 0 Å². The highest BCUT2D eigenvalue weighted by Crippen LogP contribution is 2.13. The van der Waals surface area contributed by atoms with E-state index in [9.17, 15) is 8.42 Å². The van der Waals surface area contributed by atoms with E-state index in [1.54, 1.807) is 6.07 Å². The summed E-state index contributed by atoms with van der Waals surface area (Å²) in [4.78, 5) is -0.00752. The molecule has 0 saturated carbocycles. The largest absolute Gasteiger partial charge is 0.238 e. The van der Waals surface area contributed by atoms with Gasteiger partial charge in [0, 0.05) is 10.5 Å². The van der Waals surface area contributed by atoms with Crippen LogP contribution >= 0.6 is 15.9 Å². The van der Waals surface area contributed by atoms with E-state index in [-0.39, 0.29) is 4.90 Å². The average molecular weight is 235 g/mol. The van der Waals surface area contributed by atoms with Crippen molar-refractivity contribution in [2.24, 2.45) is 5.14 Å². The minimum absolute atomic E-state index is 0.00752. The lowest BCUT2D eigenvalue weighted by atomic mass is 10.4. The molecule has 0 aliphatic carbocycles. The van der Waals surface area contributed by atoms with Crippen LogP contribution in [0.1, 0.15) is 0 Å². The van der Waals surface area contributed by atoms with E-state index in [4.69, 9.17) is 5.14 Å². The van der Waals surface area contributed by atoms with Crippen LogP contribution < -0.4 is 5.14 Å². The van der Waals surface area contributed by atoms with Crippen molar-refractivity contribution in [3.8, 4) is 0 Å². The molecule has 0 aromatic heterocycles. The summed E-state index contributed by atoms with van der Waals surface area (Å²) < 4.78 is 22.1. The van der Waals surface area contributed by atoms with Gasteiger partial charge < -0.3 is 0 Å². The third-order valence-corrected chi connectivity index (χ3v) is 2.39. The molecule has 0 aliphatic rings. The van der Waals surface area contributed by atoms with Crippen LogP contribution in [0.5, 0.6) is 0 Å². The minimum atomic E-state index is -3.61. The second-order valence-corrected chi connectivity index (χ2v) is 4.36. The fourth-order valence-electron chi connectivity index (χ4n) is 0.583. The van der Waals surface area contributed by atoms with Crippen LogP contribution in [-0.4, -0.2) is 8.42 Å². The van der Waals surface area contributed by atoms with E-state index in [1.807, 2.05) is 0 Å². The molecule has 3 nitrogen and oxygen atoms in total. The maximum atomic E-state index is 10.7. The van der Waals surface area contributed by atoms with E-state index in [2.05, 4.69) is 22.0 Å². The summed E-state index contributed by atoms with van der Waals surface area (Å²) in [6.07, 6.45) is 0. The molecule has 0 heterocycles. The smallest absolute Gasteiger partial charge is 0.225 e. The van der Waals surface area contributed by atoms with E-state index in [0.717, 1.165) is 0 Å². The quantitative estimate of drug-likeness (QED) is 0.785. The number of hydrogen-bond acceptors (Lipinski definition) is 2. The summed E-state index contributed by atoms with van der Waals surface area (Å²) in [5.74, 6) is 0. The summed E-state index contributed by atoms with van der Waals surface area (Å²) in [5, 5.41) is 4.85. The van der Waals surface area contributed by atoms with Crippen molar-refractivity contribution in [1.29, 1.82) is 0 Å². The van der Waals surface area contributed by atoms with Crippen LogP contribution in [0.3, 0.4) is 0 Å². The lowest BCUT2D eigenvalue weighted by molar-refractivity contribution is 0.597. The lowest BCUT2D eigenvalue weighted by Gasteiger charge is -1.95. The first-order chi connectivity index (χ1) is 5.00. The summed E-state index contributed by atoms with van der Waals surface area (Å²) in [7, 11) is -3.61. The van der Waals surface area contributed by atoms with E-state index in [1.165, 1.54) is 12.1 Å². The Balaban J connectivity index is 3.28. The number of sulfonamides is 1. The molecule has 0 aliphatic heterocycles. The number of hydrogen-bond donors (Lipinski definition) is 1. The molecule has 59 valence electrons. The van der Waals surface area contributed by atoms with Crippen molar-refractivity contribution < 1.29 is 8.42 Å². The zero-order chi connectivity index (χ0) is 8.48. The Morgan fingerprint density at radius 3 is 2.55 bits per heavy atom. The summed E-state index contributed by atoms with van der Waals surface area (Å²) in [6, 6.07) is 7.07. The molecule has 0 fully saturated rings. The lowest BCUT2D eigenvalue weighted by Crippen LogP contribution is -2.11. The van der Waals surface area contributed by atoms with Crippen LogP contribution in [-0.2, 0) is 10.0 Å². The van der Waals surface area contributed by atoms with Crippen molar-refractivity contribution >= 4 is 26.0 Å². The van der Waals surface area contributed by atoms with Crippen LogP contribution in [0.2, 0.25) is 0 Å². The molecular formula is C6H5BrNO2S. The fourth-order valence-corrected chi connectivity index (χ4v) is 1.62. The maximum Gasteiger partial charge on any atom is 0.238 e. The monoisotopic (exact) mass is 234 g/mol. The van der Waals surface area contributed by atoms with Gasteiger partial charge in [-0.2, -0.15) is 0 Å². The second-order valence-electron chi connectivity index (χ2n) is 1.92. The third-order valence-electron chi connectivity index (χ3n) is 1.04. The highest BCUT2D eigenvalue weighted by Gasteiger charge is 2.06. The number of benzene rings is 1. The molecule has 0 amide bonds. The molecular weight excluding hydrogens is 230 g/mol. The topological polar surface area (TPSA) is 60.2 Å². The first kappa shape index (κ1) is 8.70. The zero-order valence-electron chi connectivity index (χ0n) is 5.41. The van der Waals surface area contributed by atoms with Gasteiger partial charge in [-0.3, -0.25) is 0 Å². The highest BCUT2D eigenvalue weighted by atomic mass is 79.9. The van der Waals surface area contributed by atoms with Crippen LogP contribution in [0.15, 0.2) is 27.6 Å². The Morgan fingerprint density at radius 1 is 1.55 bits per heavy atom. The van der Waals surface area contributed by atoms with Gasteiger partial charge in [-0.05, 0) is 12.1 Å². The summed E-state index contributed by atoms with van der Waals surface area (Å²) >= 11 is 3.11. The van der Waals surface area contributed by atoms with Crippen molar-refractivity contribution in [1.82, 2.24) is 0 Å². The van der Waals surface area contributed by atoms with Gasteiger partial charge in [-0.1, -0.05) is 22.0 Å². The first-order valence-corrected chi connectivity index (χ1v) is 5.04. The number of primary sulfonamides is 1. The Morgan fingerprint density at radius 2 is 2.18 bits per heavy atom. The highest BCUT2D eigenvalue weighted by molar-refractivity contribution is 9.10. The molecule has 5 heteroatoms. The fraction of sp³-hybridized carbons (Fsp3) is 0. The maximum absolute atomic E-state index is 10.7. The molecule has 1 aromatic carbocycles. The van der Waals surface area contributed by atoms with E-state index >= 15 is 0 Å². The van der Waals surface area contributed by atoms with Crippen molar-refractivity contribution in [2.75, 3.05) is 0 Å². The van der Waals surface area contributed by atoms with Gasteiger partial charge in [0.1, 0.15) is 0 Å². The van der Waals surface area contributed by atoms with Gasteiger partial charge >= 0.3 is 0 Å². The molecule has 0 spiro atoms. The van der Waals surface area contributed by atoms with Crippen molar-refractivity contribution in [2.45, 2.75) is 4.90 Å². The molecule has 0 bridgehead atoms. The molecule has 0 unspecified atom stereocenters. The van der Waals surface area contributed by atoms with Crippen LogP contribution in [0.25, 0.3) is 0 Å². The summed E-state index contributed by atoms with van der Waals surface area (Å²) in [6.45, 7) is 0. The molecule has 0 atom stereocenters. The average Bonchev–Trinajstić information content (AvgIpc) is 1.86.